The summed E-state index contributed by atoms with van der Waals surface area (Å²) < 4.78 is 0. The van der Waals surface area contributed by atoms with E-state index in [4.69, 9.17) is 5.21 Å². The summed E-state index contributed by atoms with van der Waals surface area (Å²) in [7, 11) is 0. The van der Waals surface area contributed by atoms with E-state index in [1.807, 2.05) is 30.3 Å². The first kappa shape index (κ1) is 9.48. The maximum atomic E-state index is 11.1. The molecule has 0 aromatic heterocycles. The number of rotatable bonds is 3. The molecule has 68 valence electrons. The molecule has 3 nitrogen and oxygen atoms in total. The molecule has 0 fully saturated rings. The van der Waals surface area contributed by atoms with Crippen molar-refractivity contribution < 1.29 is 10.0 Å². The highest BCUT2D eigenvalue weighted by atomic mass is 16.5. The number of hydrogen-bond donors (Lipinski definition) is 2. The number of carbonyl (C=O) groups is 1. The monoisotopic (exact) mass is 177 g/mol. The van der Waals surface area contributed by atoms with E-state index in [1.54, 1.807) is 5.48 Å². The molecule has 1 amide bonds. The summed E-state index contributed by atoms with van der Waals surface area (Å²) in [6, 6.07) is 9.14. The van der Waals surface area contributed by atoms with E-state index in [-0.39, 0.29) is 0 Å². The summed E-state index contributed by atoms with van der Waals surface area (Å²) in [5, 5.41) is 8.45. The van der Waals surface area contributed by atoms with E-state index in [0.29, 0.717) is 0 Å². The van der Waals surface area contributed by atoms with Gasteiger partial charge in [-0.05, 0) is 5.56 Å². The first-order chi connectivity index (χ1) is 6.29. The second kappa shape index (κ2) is 4.42. The normalized spacial score (nSPS) is 11.8. The Kier molecular flexibility index (Phi) is 3.23. The van der Waals surface area contributed by atoms with Gasteiger partial charge < -0.3 is 0 Å². The summed E-state index contributed by atoms with van der Waals surface area (Å²) >= 11 is 0. The van der Waals surface area contributed by atoms with Gasteiger partial charge in [0, 0.05) is 0 Å². The molecule has 0 bridgehead atoms. The van der Waals surface area contributed by atoms with E-state index in [0.717, 1.165) is 5.56 Å². The van der Waals surface area contributed by atoms with Gasteiger partial charge in [0.15, 0.2) is 0 Å². The van der Waals surface area contributed by atoms with E-state index in [1.165, 1.54) is 6.08 Å². The third kappa shape index (κ3) is 2.16. The largest absolute Gasteiger partial charge is 0.289 e. The van der Waals surface area contributed by atoms with E-state index in [2.05, 4.69) is 6.58 Å². The molecule has 2 N–H and O–H groups in total. The first-order valence-corrected chi connectivity index (χ1v) is 3.91. The average Bonchev–Trinajstić information content (AvgIpc) is 2.20. The highest BCUT2D eigenvalue weighted by Gasteiger charge is 2.15. The first-order valence-electron chi connectivity index (χ1n) is 3.91. The fraction of sp³-hybridized carbons (Fsp3) is 0.100. The number of hydroxylamine groups is 1. The molecule has 1 aromatic carbocycles. The summed E-state index contributed by atoms with van der Waals surface area (Å²) in [5.74, 6) is -0.965. The van der Waals surface area contributed by atoms with Crippen LogP contribution in [-0.4, -0.2) is 11.1 Å². The minimum Gasteiger partial charge on any atom is -0.289 e. The fourth-order valence-electron chi connectivity index (χ4n) is 1.12. The Morgan fingerprint density at radius 1 is 1.46 bits per heavy atom. The van der Waals surface area contributed by atoms with Crippen LogP contribution in [0.2, 0.25) is 0 Å². The zero-order chi connectivity index (χ0) is 9.68. The predicted molar refractivity (Wildman–Crippen MR) is 49.3 cm³/mol. The van der Waals surface area contributed by atoms with Crippen LogP contribution in [0, 0.1) is 0 Å². The molecule has 3 heteroatoms. The molecule has 0 aliphatic carbocycles. The number of carbonyl (C=O) groups excluding carboxylic acids is 1. The third-order valence-electron chi connectivity index (χ3n) is 1.79. The molecular weight excluding hydrogens is 166 g/mol. The minimum atomic E-state index is -0.494. The fourth-order valence-corrected chi connectivity index (χ4v) is 1.12. The highest BCUT2D eigenvalue weighted by molar-refractivity contribution is 5.84. The molecule has 13 heavy (non-hydrogen) atoms. The predicted octanol–water partition coefficient (Wildman–Crippen LogP) is 1.46. The maximum absolute atomic E-state index is 11.1. The Bertz CT molecular complexity index is 295. The molecule has 1 atom stereocenters. The van der Waals surface area contributed by atoms with Gasteiger partial charge in [0.05, 0.1) is 5.92 Å². The van der Waals surface area contributed by atoms with Gasteiger partial charge >= 0.3 is 0 Å². The van der Waals surface area contributed by atoms with Crippen LogP contribution in [0.4, 0.5) is 0 Å². The average molecular weight is 177 g/mol. The third-order valence-corrected chi connectivity index (χ3v) is 1.79. The van der Waals surface area contributed by atoms with Crippen molar-refractivity contribution in [3.05, 3.63) is 48.6 Å². The molecule has 0 saturated heterocycles. The lowest BCUT2D eigenvalue weighted by atomic mass is 9.99. The van der Waals surface area contributed by atoms with Crippen molar-refractivity contribution in [2.45, 2.75) is 5.92 Å². The summed E-state index contributed by atoms with van der Waals surface area (Å²) in [5.41, 5.74) is 2.41. The van der Waals surface area contributed by atoms with Gasteiger partial charge in [-0.2, -0.15) is 0 Å². The molecule has 1 unspecified atom stereocenters. The van der Waals surface area contributed by atoms with E-state index < -0.39 is 11.8 Å². The summed E-state index contributed by atoms with van der Waals surface area (Å²) in [6.45, 7) is 3.53. The summed E-state index contributed by atoms with van der Waals surface area (Å²) in [6.07, 6.45) is 1.49. The molecule has 0 aliphatic rings. The van der Waals surface area contributed by atoms with Gasteiger partial charge in [0.2, 0.25) is 0 Å². The van der Waals surface area contributed by atoms with Gasteiger partial charge in [-0.15, -0.1) is 6.58 Å². The van der Waals surface area contributed by atoms with Crippen LogP contribution < -0.4 is 5.48 Å². The Labute approximate surface area is 76.7 Å². The lowest BCUT2D eigenvalue weighted by Crippen LogP contribution is -2.24. The number of amides is 1. The van der Waals surface area contributed by atoms with Crippen LogP contribution in [0.1, 0.15) is 11.5 Å². The molecule has 0 heterocycles. The number of nitrogens with one attached hydrogen (secondary N) is 1. The van der Waals surface area contributed by atoms with Crippen molar-refractivity contribution in [3.63, 3.8) is 0 Å². The minimum absolute atomic E-state index is 0.471. The van der Waals surface area contributed by atoms with Crippen LogP contribution in [0.3, 0.4) is 0 Å². The van der Waals surface area contributed by atoms with Crippen molar-refractivity contribution in [1.29, 1.82) is 0 Å². The Balaban J connectivity index is 2.91. The van der Waals surface area contributed by atoms with Gasteiger partial charge in [-0.25, -0.2) is 5.48 Å². The smallest absolute Gasteiger partial charge is 0.254 e. The Morgan fingerprint density at radius 2 is 2.08 bits per heavy atom. The van der Waals surface area contributed by atoms with Gasteiger partial charge in [0.1, 0.15) is 0 Å². The van der Waals surface area contributed by atoms with Crippen LogP contribution >= 0.6 is 0 Å². The van der Waals surface area contributed by atoms with Crippen molar-refractivity contribution in [1.82, 2.24) is 5.48 Å². The topological polar surface area (TPSA) is 49.3 Å². The van der Waals surface area contributed by atoms with Gasteiger partial charge in [-0.1, -0.05) is 36.4 Å². The van der Waals surface area contributed by atoms with Gasteiger partial charge in [0.25, 0.3) is 5.91 Å². The number of benzene rings is 1. The van der Waals surface area contributed by atoms with Crippen LogP contribution in [0.15, 0.2) is 43.0 Å². The number of hydrogen-bond acceptors (Lipinski definition) is 2. The molecule has 0 radical (unpaired) electrons. The molecule has 0 aliphatic heterocycles. The quantitative estimate of drug-likeness (QED) is 0.417. The van der Waals surface area contributed by atoms with E-state index >= 15 is 0 Å². The van der Waals surface area contributed by atoms with Crippen LogP contribution in [-0.2, 0) is 4.79 Å². The molecular formula is C10H11NO2. The molecule has 0 spiro atoms. The van der Waals surface area contributed by atoms with E-state index in [9.17, 15) is 4.79 Å². The zero-order valence-corrected chi connectivity index (χ0v) is 7.10. The van der Waals surface area contributed by atoms with Crippen molar-refractivity contribution in [3.8, 4) is 0 Å². The SMILES string of the molecule is C=CC(C(=O)NO)c1ccccc1. The summed E-state index contributed by atoms with van der Waals surface area (Å²) in [4.78, 5) is 11.1. The lowest BCUT2D eigenvalue weighted by Gasteiger charge is -2.09. The molecule has 1 rings (SSSR count). The maximum Gasteiger partial charge on any atom is 0.254 e. The second-order valence-corrected chi connectivity index (χ2v) is 2.60. The van der Waals surface area contributed by atoms with Crippen molar-refractivity contribution in [2.24, 2.45) is 0 Å². The van der Waals surface area contributed by atoms with Gasteiger partial charge in [-0.3, -0.25) is 10.0 Å². The second-order valence-electron chi connectivity index (χ2n) is 2.60. The molecule has 1 aromatic rings. The lowest BCUT2D eigenvalue weighted by molar-refractivity contribution is -0.129. The standard InChI is InChI=1S/C10H11NO2/c1-2-9(10(12)11-13)8-6-4-3-5-7-8/h2-7,9,13H,1H2,(H,11,12). The zero-order valence-electron chi connectivity index (χ0n) is 7.10. The molecule has 0 saturated carbocycles. The Morgan fingerprint density at radius 3 is 2.54 bits per heavy atom. The van der Waals surface area contributed by atoms with Crippen molar-refractivity contribution >= 4 is 5.91 Å². The van der Waals surface area contributed by atoms with Crippen LogP contribution in [0.25, 0.3) is 0 Å². The highest BCUT2D eigenvalue weighted by Crippen LogP contribution is 2.15. The Hall–Kier alpha value is -1.61. The van der Waals surface area contributed by atoms with Crippen LogP contribution in [0.5, 0.6) is 0 Å². The van der Waals surface area contributed by atoms with Crippen molar-refractivity contribution in [2.75, 3.05) is 0 Å².